The number of hydrogen-bond acceptors (Lipinski definition) is 4. The zero-order valence-electron chi connectivity index (χ0n) is 9.78. The van der Waals surface area contributed by atoms with E-state index in [1.54, 1.807) is 0 Å². The van der Waals surface area contributed by atoms with Gasteiger partial charge in [0.1, 0.15) is 6.61 Å². The summed E-state index contributed by atoms with van der Waals surface area (Å²) < 4.78 is 4.78. The lowest BCUT2D eigenvalue weighted by Gasteiger charge is -2.26. The number of nitrogens with two attached hydrogens (primary N) is 1. The van der Waals surface area contributed by atoms with Crippen molar-refractivity contribution in [2.24, 2.45) is 5.73 Å². The maximum Gasteiger partial charge on any atom is 0.231 e. The predicted molar refractivity (Wildman–Crippen MR) is 59.9 cm³/mol. The lowest BCUT2D eigenvalue weighted by atomic mass is 10.2. The molecule has 1 amide bonds. The van der Waals surface area contributed by atoms with Gasteiger partial charge in [-0.05, 0) is 12.8 Å². The molecule has 0 saturated heterocycles. The molecule has 0 unspecified atom stereocenters. The van der Waals surface area contributed by atoms with Crippen LogP contribution in [0.3, 0.4) is 0 Å². The van der Waals surface area contributed by atoms with Crippen molar-refractivity contribution in [3.63, 3.8) is 0 Å². The maximum absolute atomic E-state index is 11.5. The van der Waals surface area contributed by atoms with E-state index in [2.05, 4.69) is 0 Å². The van der Waals surface area contributed by atoms with Gasteiger partial charge in [-0.25, -0.2) is 0 Å². The SMILES string of the molecule is COCC(=O)CN(CC(N)=O)C1CCCC1. The molecule has 0 aromatic carbocycles. The van der Waals surface area contributed by atoms with Gasteiger partial charge in [-0.1, -0.05) is 12.8 Å². The summed E-state index contributed by atoms with van der Waals surface area (Å²) >= 11 is 0. The average molecular weight is 228 g/mol. The number of amides is 1. The minimum atomic E-state index is -0.378. The normalized spacial score (nSPS) is 16.9. The van der Waals surface area contributed by atoms with Crippen molar-refractivity contribution in [3.8, 4) is 0 Å². The Morgan fingerprint density at radius 1 is 1.31 bits per heavy atom. The van der Waals surface area contributed by atoms with Crippen molar-refractivity contribution in [3.05, 3.63) is 0 Å². The molecule has 1 aliphatic carbocycles. The van der Waals surface area contributed by atoms with Crippen molar-refractivity contribution in [2.75, 3.05) is 26.8 Å². The van der Waals surface area contributed by atoms with Gasteiger partial charge in [0.25, 0.3) is 0 Å². The molecule has 0 bridgehead atoms. The van der Waals surface area contributed by atoms with Gasteiger partial charge in [-0.3, -0.25) is 14.5 Å². The Balaban J connectivity index is 2.48. The van der Waals surface area contributed by atoms with Gasteiger partial charge in [0.2, 0.25) is 5.91 Å². The molecule has 1 saturated carbocycles. The molecule has 5 nitrogen and oxygen atoms in total. The van der Waals surface area contributed by atoms with Crippen molar-refractivity contribution in [1.29, 1.82) is 0 Å². The molecule has 16 heavy (non-hydrogen) atoms. The first-order chi connectivity index (χ1) is 7.63. The number of methoxy groups -OCH3 is 1. The van der Waals surface area contributed by atoms with E-state index in [0.29, 0.717) is 6.04 Å². The molecule has 5 heteroatoms. The van der Waals surface area contributed by atoms with Gasteiger partial charge in [0.15, 0.2) is 5.78 Å². The molecule has 0 aromatic heterocycles. The molecule has 1 fully saturated rings. The monoisotopic (exact) mass is 228 g/mol. The number of rotatable bonds is 7. The van der Waals surface area contributed by atoms with Crippen LogP contribution in [0.25, 0.3) is 0 Å². The van der Waals surface area contributed by atoms with Crippen LogP contribution in [0.1, 0.15) is 25.7 Å². The Bertz CT molecular complexity index is 250. The molecule has 0 radical (unpaired) electrons. The Morgan fingerprint density at radius 3 is 2.44 bits per heavy atom. The molecule has 0 atom stereocenters. The fourth-order valence-electron chi connectivity index (χ4n) is 2.22. The molecular weight excluding hydrogens is 208 g/mol. The average Bonchev–Trinajstić information content (AvgIpc) is 2.68. The minimum absolute atomic E-state index is 0.00403. The highest BCUT2D eigenvalue weighted by molar-refractivity contribution is 5.83. The summed E-state index contributed by atoms with van der Waals surface area (Å²) in [5.41, 5.74) is 5.19. The summed E-state index contributed by atoms with van der Waals surface area (Å²) in [6.07, 6.45) is 4.43. The number of nitrogens with zero attached hydrogens (tertiary/aromatic N) is 1. The lowest BCUT2D eigenvalue weighted by molar-refractivity contribution is -0.126. The second-order valence-electron chi connectivity index (χ2n) is 4.28. The van der Waals surface area contributed by atoms with Crippen LogP contribution in [-0.4, -0.2) is 49.4 Å². The highest BCUT2D eigenvalue weighted by atomic mass is 16.5. The van der Waals surface area contributed by atoms with Crippen molar-refractivity contribution >= 4 is 11.7 Å². The van der Waals surface area contributed by atoms with E-state index in [1.807, 2.05) is 4.90 Å². The first kappa shape index (κ1) is 13.1. The minimum Gasteiger partial charge on any atom is -0.377 e. The predicted octanol–water partition coefficient (Wildman–Crippen LogP) is -0.0682. The number of carbonyl (C=O) groups is 2. The zero-order valence-corrected chi connectivity index (χ0v) is 9.78. The summed E-state index contributed by atoms with van der Waals surface area (Å²) in [5, 5.41) is 0. The molecule has 92 valence electrons. The van der Waals surface area contributed by atoms with Crippen LogP contribution in [0.15, 0.2) is 0 Å². The third-order valence-corrected chi connectivity index (χ3v) is 2.88. The van der Waals surface area contributed by atoms with E-state index >= 15 is 0 Å². The second kappa shape index (κ2) is 6.60. The molecule has 0 heterocycles. The third kappa shape index (κ3) is 4.28. The largest absolute Gasteiger partial charge is 0.377 e. The van der Waals surface area contributed by atoms with E-state index in [0.717, 1.165) is 12.8 Å². The fourth-order valence-corrected chi connectivity index (χ4v) is 2.22. The van der Waals surface area contributed by atoms with Crippen molar-refractivity contribution in [2.45, 2.75) is 31.7 Å². The molecule has 1 aliphatic rings. The van der Waals surface area contributed by atoms with E-state index < -0.39 is 0 Å². The first-order valence-corrected chi connectivity index (χ1v) is 5.66. The number of hydrogen-bond donors (Lipinski definition) is 1. The summed E-state index contributed by atoms with van der Waals surface area (Å²) in [7, 11) is 1.49. The topological polar surface area (TPSA) is 72.6 Å². The second-order valence-corrected chi connectivity index (χ2v) is 4.28. The van der Waals surface area contributed by atoms with Gasteiger partial charge in [-0.15, -0.1) is 0 Å². The van der Waals surface area contributed by atoms with E-state index in [1.165, 1.54) is 20.0 Å². The Kier molecular flexibility index (Phi) is 5.42. The molecule has 0 aromatic rings. The quantitative estimate of drug-likeness (QED) is 0.662. The molecule has 2 N–H and O–H groups in total. The number of primary amides is 1. The molecule has 0 aliphatic heterocycles. The fraction of sp³-hybridized carbons (Fsp3) is 0.818. The van der Waals surface area contributed by atoms with Crippen LogP contribution in [0.2, 0.25) is 0 Å². The molecule has 0 spiro atoms. The summed E-state index contributed by atoms with van der Waals surface area (Å²) in [6.45, 7) is 0.531. The lowest BCUT2D eigenvalue weighted by Crippen LogP contribution is -2.43. The zero-order chi connectivity index (χ0) is 12.0. The van der Waals surface area contributed by atoms with Crippen LogP contribution in [0, 0.1) is 0 Å². The molecule has 1 rings (SSSR count). The summed E-state index contributed by atoms with van der Waals surface area (Å²) in [5.74, 6) is -0.382. The standard InChI is InChI=1S/C11H20N2O3/c1-16-8-10(14)6-13(7-11(12)15)9-4-2-3-5-9/h9H,2-8H2,1H3,(H2,12,15). The molecular formula is C11H20N2O3. The number of Topliss-reactive ketones (excluding diaryl/α,β-unsaturated/α-hetero) is 1. The van der Waals surface area contributed by atoms with E-state index in [9.17, 15) is 9.59 Å². The van der Waals surface area contributed by atoms with Crippen LogP contribution >= 0.6 is 0 Å². The number of carbonyl (C=O) groups excluding carboxylic acids is 2. The summed E-state index contributed by atoms with van der Waals surface area (Å²) in [6, 6.07) is 0.327. The first-order valence-electron chi connectivity index (χ1n) is 5.66. The van der Waals surface area contributed by atoms with Gasteiger partial charge >= 0.3 is 0 Å². The Hall–Kier alpha value is -0.940. The Labute approximate surface area is 95.9 Å². The van der Waals surface area contributed by atoms with Crippen molar-refractivity contribution < 1.29 is 14.3 Å². The van der Waals surface area contributed by atoms with Crippen LogP contribution in [-0.2, 0) is 14.3 Å². The van der Waals surface area contributed by atoms with Gasteiger partial charge in [-0.2, -0.15) is 0 Å². The highest BCUT2D eigenvalue weighted by Gasteiger charge is 2.25. The maximum atomic E-state index is 11.5. The van der Waals surface area contributed by atoms with Crippen LogP contribution in [0.5, 0.6) is 0 Å². The highest BCUT2D eigenvalue weighted by Crippen LogP contribution is 2.23. The van der Waals surface area contributed by atoms with Crippen LogP contribution in [0.4, 0.5) is 0 Å². The van der Waals surface area contributed by atoms with Gasteiger partial charge < -0.3 is 10.5 Å². The van der Waals surface area contributed by atoms with Crippen molar-refractivity contribution in [1.82, 2.24) is 4.90 Å². The third-order valence-electron chi connectivity index (χ3n) is 2.88. The number of ketones is 1. The summed E-state index contributed by atoms with van der Waals surface area (Å²) in [4.78, 5) is 24.3. The van der Waals surface area contributed by atoms with Gasteiger partial charge in [0.05, 0.1) is 13.1 Å². The van der Waals surface area contributed by atoms with Crippen LogP contribution < -0.4 is 5.73 Å². The Morgan fingerprint density at radius 2 is 1.94 bits per heavy atom. The number of ether oxygens (including phenoxy) is 1. The van der Waals surface area contributed by atoms with Gasteiger partial charge in [0, 0.05) is 13.2 Å². The van der Waals surface area contributed by atoms with E-state index in [4.69, 9.17) is 10.5 Å². The van der Waals surface area contributed by atoms with E-state index in [-0.39, 0.29) is 31.4 Å². The smallest absolute Gasteiger partial charge is 0.231 e.